The molecule has 0 atom stereocenters. The van der Waals surface area contributed by atoms with Crippen LogP contribution >= 0.6 is 22.7 Å². The van der Waals surface area contributed by atoms with Gasteiger partial charge in [-0.25, -0.2) is 4.39 Å². The van der Waals surface area contributed by atoms with Crippen LogP contribution in [-0.4, -0.2) is 15.4 Å². The predicted molar refractivity (Wildman–Crippen MR) is 99.2 cm³/mol. The molecule has 0 radical (unpaired) electrons. The van der Waals surface area contributed by atoms with Crippen molar-refractivity contribution in [2.24, 2.45) is 4.99 Å². The van der Waals surface area contributed by atoms with E-state index < -0.39 is 10.8 Å². The lowest BCUT2D eigenvalue weighted by molar-refractivity contribution is -0.380. The number of aromatic nitrogens is 1. The summed E-state index contributed by atoms with van der Waals surface area (Å²) in [5, 5.41) is 10.7. The lowest BCUT2D eigenvalue weighted by Gasteiger charge is -1.98. The van der Waals surface area contributed by atoms with Crippen LogP contribution in [-0.2, 0) is 11.3 Å². The minimum Gasteiger partial charge on any atom is -0.305 e. The molecule has 26 heavy (non-hydrogen) atoms. The molecular weight excluding hydrogens is 377 g/mol. The van der Waals surface area contributed by atoms with Crippen molar-refractivity contribution in [3.63, 3.8) is 0 Å². The van der Waals surface area contributed by atoms with Crippen molar-refractivity contribution in [3.8, 4) is 12.3 Å². The maximum atomic E-state index is 13.4. The molecule has 6 nitrogen and oxygen atoms in total. The normalized spacial score (nSPS) is 11.9. The van der Waals surface area contributed by atoms with E-state index in [4.69, 9.17) is 6.42 Å². The van der Waals surface area contributed by atoms with Gasteiger partial charge in [0.05, 0.1) is 21.7 Å². The Bertz CT molecular complexity index is 1150. The summed E-state index contributed by atoms with van der Waals surface area (Å²) in [6.07, 6.45) is 8.05. The molecular formula is C17H10FN3O3S2. The van der Waals surface area contributed by atoms with Crippen LogP contribution in [0.2, 0.25) is 0 Å². The van der Waals surface area contributed by atoms with Crippen molar-refractivity contribution in [1.82, 2.24) is 4.57 Å². The zero-order valence-electron chi connectivity index (χ0n) is 13.1. The largest absolute Gasteiger partial charge is 0.324 e. The van der Waals surface area contributed by atoms with Gasteiger partial charge in [-0.3, -0.25) is 14.9 Å². The van der Waals surface area contributed by atoms with Crippen molar-refractivity contribution < 1.29 is 14.1 Å². The van der Waals surface area contributed by atoms with E-state index in [1.54, 1.807) is 16.7 Å². The van der Waals surface area contributed by atoms with E-state index in [0.717, 1.165) is 22.7 Å². The molecule has 0 saturated carbocycles. The molecule has 0 spiro atoms. The number of amides is 1. The monoisotopic (exact) mass is 387 g/mol. The van der Waals surface area contributed by atoms with E-state index in [-0.39, 0.29) is 17.4 Å². The van der Waals surface area contributed by atoms with Crippen molar-refractivity contribution in [2.45, 2.75) is 6.54 Å². The zero-order chi connectivity index (χ0) is 18.7. The molecule has 2 aromatic heterocycles. The van der Waals surface area contributed by atoms with Crippen LogP contribution in [0.5, 0.6) is 0 Å². The lowest BCUT2D eigenvalue weighted by Crippen LogP contribution is -2.15. The summed E-state index contributed by atoms with van der Waals surface area (Å²) >= 11 is 2.11. The summed E-state index contributed by atoms with van der Waals surface area (Å²) in [4.78, 5) is 27.2. The van der Waals surface area contributed by atoms with Crippen LogP contribution in [0.15, 0.2) is 41.4 Å². The number of terminal acetylenes is 1. The molecule has 0 N–H and O–H groups in total. The van der Waals surface area contributed by atoms with Gasteiger partial charge in [-0.2, -0.15) is 4.99 Å². The standard InChI is InChI=1S/C17H10FN3O3S2/c1-2-9-20-13-6-3-11(18)10-14(13)26-17(20)19-15(22)7-4-12-5-8-16(25-12)21(23)24/h1,3-8,10H,9H2/b7-4-,19-17?. The molecule has 3 aromatic rings. The van der Waals surface area contributed by atoms with Crippen molar-refractivity contribution in [3.05, 3.63) is 62.0 Å². The number of nitro groups is 1. The van der Waals surface area contributed by atoms with Crippen LogP contribution in [0.4, 0.5) is 9.39 Å². The minimum atomic E-state index is -0.543. The SMILES string of the molecule is C#CCn1c(=NC(=O)/C=C\c2ccc([N+](=O)[O-])s2)sc2cc(F)ccc21. The fourth-order valence-electron chi connectivity index (χ4n) is 2.19. The average Bonchev–Trinajstić information content (AvgIpc) is 3.19. The van der Waals surface area contributed by atoms with Crippen LogP contribution in [0, 0.1) is 28.3 Å². The molecule has 0 aliphatic heterocycles. The van der Waals surface area contributed by atoms with Gasteiger partial charge in [0.1, 0.15) is 5.82 Å². The number of benzene rings is 1. The molecule has 0 aliphatic carbocycles. The van der Waals surface area contributed by atoms with E-state index in [1.807, 2.05) is 0 Å². The van der Waals surface area contributed by atoms with E-state index in [1.165, 1.54) is 30.4 Å². The van der Waals surface area contributed by atoms with E-state index in [0.29, 0.717) is 19.9 Å². The van der Waals surface area contributed by atoms with E-state index in [2.05, 4.69) is 10.9 Å². The second kappa shape index (κ2) is 7.43. The van der Waals surface area contributed by atoms with Gasteiger partial charge in [-0.1, -0.05) is 28.6 Å². The number of halogens is 1. The summed E-state index contributed by atoms with van der Waals surface area (Å²) in [7, 11) is 0. The highest BCUT2D eigenvalue weighted by Crippen LogP contribution is 2.24. The highest BCUT2D eigenvalue weighted by molar-refractivity contribution is 7.16. The quantitative estimate of drug-likeness (QED) is 0.297. The minimum absolute atomic E-state index is 0.00701. The predicted octanol–water partition coefficient (Wildman–Crippen LogP) is 3.59. The number of hydrogen-bond acceptors (Lipinski definition) is 5. The highest BCUT2D eigenvalue weighted by Gasteiger charge is 2.09. The van der Waals surface area contributed by atoms with Gasteiger partial charge in [-0.05, 0) is 30.3 Å². The van der Waals surface area contributed by atoms with E-state index in [9.17, 15) is 19.3 Å². The highest BCUT2D eigenvalue weighted by atomic mass is 32.1. The Kier molecular flexibility index (Phi) is 5.06. The number of thiazole rings is 1. The maximum absolute atomic E-state index is 13.4. The molecule has 0 fully saturated rings. The first-order valence-electron chi connectivity index (χ1n) is 7.21. The third-order valence-electron chi connectivity index (χ3n) is 3.28. The third kappa shape index (κ3) is 3.77. The first-order chi connectivity index (χ1) is 12.5. The molecule has 0 bridgehead atoms. The summed E-state index contributed by atoms with van der Waals surface area (Å²) in [5.41, 5.74) is 0.693. The average molecular weight is 387 g/mol. The number of nitrogens with zero attached hydrogens (tertiary/aromatic N) is 3. The smallest absolute Gasteiger partial charge is 0.305 e. The van der Waals surface area contributed by atoms with E-state index >= 15 is 0 Å². The number of thiophene rings is 1. The second-order valence-electron chi connectivity index (χ2n) is 5.00. The van der Waals surface area contributed by atoms with Gasteiger partial charge in [0.2, 0.25) is 0 Å². The summed E-state index contributed by atoms with van der Waals surface area (Å²) < 4.78 is 15.7. The Morgan fingerprint density at radius 2 is 2.19 bits per heavy atom. The molecule has 1 aromatic carbocycles. The van der Waals surface area contributed by atoms with Gasteiger partial charge in [-0.15, -0.1) is 6.42 Å². The van der Waals surface area contributed by atoms with Crippen LogP contribution < -0.4 is 4.80 Å². The molecule has 3 rings (SSSR count). The first-order valence-corrected chi connectivity index (χ1v) is 8.84. The zero-order valence-corrected chi connectivity index (χ0v) is 14.7. The number of fused-ring (bicyclic) bond motifs is 1. The number of carbonyl (C=O) groups is 1. The Labute approximate surface area is 154 Å². The van der Waals surface area contributed by atoms with Crippen LogP contribution in [0.1, 0.15) is 4.88 Å². The second-order valence-corrected chi connectivity index (χ2v) is 7.11. The number of rotatable bonds is 4. The molecule has 0 aliphatic rings. The topological polar surface area (TPSA) is 77.5 Å². The molecule has 0 unspecified atom stereocenters. The van der Waals surface area contributed by atoms with Crippen molar-refractivity contribution in [2.75, 3.05) is 0 Å². The molecule has 2 heterocycles. The third-order valence-corrected chi connectivity index (χ3v) is 5.33. The lowest BCUT2D eigenvalue weighted by atomic mass is 10.3. The summed E-state index contributed by atoms with van der Waals surface area (Å²) in [5.74, 6) is 1.56. The fourth-order valence-corrected chi connectivity index (χ4v) is 3.98. The van der Waals surface area contributed by atoms with Crippen LogP contribution in [0.25, 0.3) is 16.3 Å². The Hall–Kier alpha value is -3.09. The molecule has 1 amide bonds. The fraction of sp³-hybridized carbons (Fsp3) is 0.0588. The Morgan fingerprint density at radius 3 is 2.88 bits per heavy atom. The van der Waals surface area contributed by atoms with Crippen LogP contribution in [0.3, 0.4) is 0 Å². The van der Waals surface area contributed by atoms with Crippen molar-refractivity contribution in [1.29, 1.82) is 0 Å². The van der Waals surface area contributed by atoms with Gasteiger partial charge in [0.25, 0.3) is 5.91 Å². The van der Waals surface area contributed by atoms with Gasteiger partial charge < -0.3 is 4.57 Å². The van der Waals surface area contributed by atoms with Gasteiger partial charge in [0.15, 0.2) is 4.80 Å². The maximum Gasteiger partial charge on any atom is 0.324 e. The molecule has 9 heteroatoms. The summed E-state index contributed by atoms with van der Waals surface area (Å²) in [6, 6.07) is 7.18. The Balaban J connectivity index is 1.94. The Morgan fingerprint density at radius 1 is 1.38 bits per heavy atom. The molecule has 0 saturated heterocycles. The number of hydrogen-bond donors (Lipinski definition) is 0. The number of carbonyl (C=O) groups excluding carboxylic acids is 1. The van der Waals surface area contributed by atoms with Gasteiger partial charge >= 0.3 is 5.00 Å². The van der Waals surface area contributed by atoms with Gasteiger partial charge in [0, 0.05) is 17.0 Å². The summed E-state index contributed by atoms with van der Waals surface area (Å²) in [6.45, 7) is 0.193. The first kappa shape index (κ1) is 17.7. The van der Waals surface area contributed by atoms with Crippen molar-refractivity contribution >= 4 is 49.9 Å². The molecule has 130 valence electrons.